The third-order valence-electron chi connectivity index (χ3n) is 2.93. The summed E-state index contributed by atoms with van der Waals surface area (Å²) in [5.41, 5.74) is 3.79. The molecule has 0 bridgehead atoms. The normalized spacial score (nSPS) is 11.4. The molecule has 98 valence electrons. The Morgan fingerprint density at radius 2 is 1.89 bits per heavy atom. The Morgan fingerprint density at radius 1 is 1.16 bits per heavy atom. The quantitative estimate of drug-likeness (QED) is 0.513. The third-order valence-corrected chi connectivity index (χ3v) is 2.93. The van der Waals surface area contributed by atoms with E-state index in [0.717, 1.165) is 16.9 Å². The second-order valence-electron chi connectivity index (χ2n) is 4.49. The van der Waals surface area contributed by atoms with Gasteiger partial charge in [-0.1, -0.05) is 47.1 Å². The molecule has 2 aromatic rings. The number of benzene rings is 2. The van der Waals surface area contributed by atoms with Gasteiger partial charge in [0.25, 0.3) is 0 Å². The molecule has 0 fully saturated rings. The highest BCUT2D eigenvalue weighted by Gasteiger charge is 2.01. The van der Waals surface area contributed by atoms with Crippen LogP contribution in [0, 0.1) is 6.92 Å². The summed E-state index contributed by atoms with van der Waals surface area (Å²) in [5, 5.41) is 11.9. The average molecular weight is 255 g/mol. The lowest BCUT2D eigenvalue weighted by Crippen LogP contribution is -1.98. The zero-order valence-corrected chi connectivity index (χ0v) is 11.1. The molecule has 0 amide bonds. The minimum atomic E-state index is 0.527. The summed E-state index contributed by atoms with van der Waals surface area (Å²) >= 11 is 0. The molecule has 0 spiro atoms. The topological polar surface area (TPSA) is 41.8 Å². The van der Waals surface area contributed by atoms with Gasteiger partial charge in [0.05, 0.1) is 5.71 Å². The molecule has 0 radical (unpaired) electrons. The first kappa shape index (κ1) is 13.1. The molecule has 1 N–H and O–H groups in total. The van der Waals surface area contributed by atoms with Crippen LogP contribution in [0.5, 0.6) is 5.75 Å². The van der Waals surface area contributed by atoms with Gasteiger partial charge in [-0.25, -0.2) is 0 Å². The number of aryl methyl sites for hydroxylation is 1. The zero-order valence-electron chi connectivity index (χ0n) is 11.1. The number of oxime groups is 1. The Labute approximate surface area is 113 Å². The van der Waals surface area contributed by atoms with E-state index in [2.05, 4.69) is 36.3 Å². The smallest absolute Gasteiger partial charge is 0.120 e. The molecule has 0 unspecified atom stereocenters. The molecule has 3 nitrogen and oxygen atoms in total. The molecule has 0 atom stereocenters. The van der Waals surface area contributed by atoms with Gasteiger partial charge in [0.15, 0.2) is 0 Å². The first-order chi connectivity index (χ1) is 9.19. The van der Waals surface area contributed by atoms with Crippen molar-refractivity contribution >= 4 is 5.71 Å². The van der Waals surface area contributed by atoms with Crippen molar-refractivity contribution in [2.24, 2.45) is 5.16 Å². The van der Waals surface area contributed by atoms with Crippen LogP contribution in [0.4, 0.5) is 0 Å². The summed E-state index contributed by atoms with van der Waals surface area (Å²) in [6.45, 7) is 4.34. The van der Waals surface area contributed by atoms with Crippen molar-refractivity contribution in [3.63, 3.8) is 0 Å². The Hall–Kier alpha value is -2.29. The van der Waals surface area contributed by atoms with E-state index in [1.54, 1.807) is 6.92 Å². The van der Waals surface area contributed by atoms with Crippen molar-refractivity contribution in [2.45, 2.75) is 20.5 Å². The van der Waals surface area contributed by atoms with E-state index < -0.39 is 0 Å². The zero-order chi connectivity index (χ0) is 13.7. The van der Waals surface area contributed by atoms with Gasteiger partial charge in [-0.3, -0.25) is 0 Å². The van der Waals surface area contributed by atoms with Gasteiger partial charge in [0.2, 0.25) is 0 Å². The largest absolute Gasteiger partial charge is 0.489 e. The van der Waals surface area contributed by atoms with Crippen LogP contribution < -0.4 is 4.74 Å². The molecule has 3 heteroatoms. The molecule has 0 aliphatic heterocycles. The molecule has 0 saturated carbocycles. The number of rotatable bonds is 4. The van der Waals surface area contributed by atoms with Crippen LogP contribution >= 0.6 is 0 Å². The SMILES string of the molecule is C/C(=N\O)c1cccc(OCc2ccc(C)cc2)c1. The minimum Gasteiger partial charge on any atom is -0.489 e. The summed E-state index contributed by atoms with van der Waals surface area (Å²) in [6, 6.07) is 15.8. The van der Waals surface area contributed by atoms with Crippen LogP contribution in [0.25, 0.3) is 0 Å². The van der Waals surface area contributed by atoms with Crippen molar-refractivity contribution in [1.29, 1.82) is 0 Å². The molecule has 0 aromatic heterocycles. The monoisotopic (exact) mass is 255 g/mol. The van der Waals surface area contributed by atoms with Gasteiger partial charge >= 0.3 is 0 Å². The van der Waals surface area contributed by atoms with Crippen LogP contribution in [0.1, 0.15) is 23.6 Å². The molecule has 0 heterocycles. The van der Waals surface area contributed by atoms with Crippen LogP contribution in [-0.4, -0.2) is 10.9 Å². The maximum Gasteiger partial charge on any atom is 0.120 e. The van der Waals surface area contributed by atoms with Crippen LogP contribution in [0.2, 0.25) is 0 Å². The number of hydrogen-bond donors (Lipinski definition) is 1. The van der Waals surface area contributed by atoms with E-state index in [4.69, 9.17) is 9.94 Å². The summed E-state index contributed by atoms with van der Waals surface area (Å²) in [4.78, 5) is 0. The summed E-state index contributed by atoms with van der Waals surface area (Å²) in [5.74, 6) is 0.765. The Morgan fingerprint density at radius 3 is 2.58 bits per heavy atom. The van der Waals surface area contributed by atoms with Gasteiger partial charge in [0.1, 0.15) is 12.4 Å². The van der Waals surface area contributed by atoms with Crippen molar-refractivity contribution in [2.75, 3.05) is 0 Å². The van der Waals surface area contributed by atoms with E-state index in [9.17, 15) is 0 Å². The lowest BCUT2D eigenvalue weighted by molar-refractivity contribution is 0.306. The molecule has 2 rings (SSSR count). The summed E-state index contributed by atoms with van der Waals surface area (Å²) in [7, 11) is 0. The number of hydrogen-bond acceptors (Lipinski definition) is 3. The molecule has 0 aliphatic rings. The molecule has 19 heavy (non-hydrogen) atoms. The fraction of sp³-hybridized carbons (Fsp3) is 0.188. The predicted octanol–water partition coefficient (Wildman–Crippen LogP) is 3.77. The maximum atomic E-state index is 8.76. The average Bonchev–Trinajstić information content (AvgIpc) is 2.46. The lowest BCUT2D eigenvalue weighted by Gasteiger charge is -2.08. The molecule has 0 aliphatic carbocycles. The van der Waals surface area contributed by atoms with Crippen molar-refractivity contribution in [3.05, 3.63) is 65.2 Å². The second-order valence-corrected chi connectivity index (χ2v) is 4.49. The van der Waals surface area contributed by atoms with Crippen LogP contribution in [-0.2, 0) is 6.61 Å². The second kappa shape index (κ2) is 6.05. The molecular formula is C16H17NO2. The van der Waals surface area contributed by atoms with E-state index in [0.29, 0.717) is 12.3 Å². The van der Waals surface area contributed by atoms with Crippen molar-refractivity contribution in [1.82, 2.24) is 0 Å². The summed E-state index contributed by atoms with van der Waals surface area (Å²) < 4.78 is 5.73. The number of nitrogens with zero attached hydrogens (tertiary/aromatic N) is 1. The van der Waals surface area contributed by atoms with E-state index >= 15 is 0 Å². The van der Waals surface area contributed by atoms with Gasteiger partial charge < -0.3 is 9.94 Å². The standard InChI is InChI=1S/C16H17NO2/c1-12-6-8-14(9-7-12)11-19-16-5-3-4-15(10-16)13(2)17-18/h3-10,18H,11H2,1-2H3/b17-13+. The lowest BCUT2D eigenvalue weighted by atomic mass is 10.1. The Kier molecular flexibility index (Phi) is 4.18. The molecule has 0 saturated heterocycles. The minimum absolute atomic E-state index is 0.527. The fourth-order valence-electron chi connectivity index (χ4n) is 1.72. The van der Waals surface area contributed by atoms with E-state index in [1.807, 2.05) is 24.3 Å². The first-order valence-corrected chi connectivity index (χ1v) is 6.16. The van der Waals surface area contributed by atoms with Gasteiger partial charge in [-0.2, -0.15) is 0 Å². The number of ether oxygens (including phenoxy) is 1. The third kappa shape index (κ3) is 3.58. The molecular weight excluding hydrogens is 238 g/mol. The van der Waals surface area contributed by atoms with E-state index in [1.165, 1.54) is 5.56 Å². The Bertz CT molecular complexity index is 574. The highest BCUT2D eigenvalue weighted by Crippen LogP contribution is 2.16. The highest BCUT2D eigenvalue weighted by molar-refractivity contribution is 5.98. The van der Waals surface area contributed by atoms with E-state index in [-0.39, 0.29) is 0 Å². The molecule has 2 aromatic carbocycles. The van der Waals surface area contributed by atoms with Crippen molar-refractivity contribution in [3.8, 4) is 5.75 Å². The Balaban J connectivity index is 2.05. The predicted molar refractivity (Wildman–Crippen MR) is 76.0 cm³/mol. The van der Waals surface area contributed by atoms with Gasteiger partial charge in [-0.15, -0.1) is 0 Å². The highest BCUT2D eigenvalue weighted by atomic mass is 16.5. The van der Waals surface area contributed by atoms with Gasteiger partial charge in [-0.05, 0) is 31.5 Å². The first-order valence-electron chi connectivity index (χ1n) is 6.16. The van der Waals surface area contributed by atoms with Crippen molar-refractivity contribution < 1.29 is 9.94 Å². The maximum absolute atomic E-state index is 8.76. The van der Waals surface area contributed by atoms with Crippen LogP contribution in [0.15, 0.2) is 53.7 Å². The fourth-order valence-corrected chi connectivity index (χ4v) is 1.72. The summed E-state index contributed by atoms with van der Waals surface area (Å²) in [6.07, 6.45) is 0. The van der Waals surface area contributed by atoms with Crippen LogP contribution in [0.3, 0.4) is 0 Å². The van der Waals surface area contributed by atoms with Gasteiger partial charge in [0, 0.05) is 5.56 Å².